The average molecular weight is 302 g/mol. The first kappa shape index (κ1) is 13.7. The van der Waals surface area contributed by atoms with Crippen LogP contribution in [0.5, 0.6) is 5.75 Å². The van der Waals surface area contributed by atoms with Crippen LogP contribution in [0.1, 0.15) is 5.56 Å². The zero-order valence-electron chi connectivity index (χ0n) is 10.3. The number of imidazole rings is 1. The van der Waals surface area contributed by atoms with Crippen molar-refractivity contribution in [2.24, 2.45) is 0 Å². The maximum atomic E-state index is 12.1. The predicted molar refractivity (Wildman–Crippen MR) is 72.1 cm³/mol. The summed E-state index contributed by atoms with van der Waals surface area (Å²) in [6, 6.07) is 3.16. The van der Waals surface area contributed by atoms with Gasteiger partial charge in [-0.2, -0.15) is 8.42 Å². The third kappa shape index (κ3) is 2.82. The molecule has 2 rings (SSSR count). The molecule has 102 valence electrons. The second-order valence-corrected chi connectivity index (χ2v) is 5.88. The molecule has 0 aliphatic heterocycles. The van der Waals surface area contributed by atoms with E-state index in [-0.39, 0.29) is 5.03 Å². The standard InChI is InChI=1S/C11H12ClN3O3S/c1-7-3-9(10(18-2)4-8(7)12)15-19(16,17)11-5-13-6-14-11/h3-6,15H,1-2H3,(H,13,14). The Kier molecular flexibility index (Phi) is 3.68. The number of ether oxygens (including phenoxy) is 1. The highest BCUT2D eigenvalue weighted by atomic mass is 35.5. The minimum Gasteiger partial charge on any atom is -0.495 e. The van der Waals surface area contributed by atoms with E-state index in [1.165, 1.54) is 19.6 Å². The normalized spacial score (nSPS) is 11.3. The number of anilines is 1. The van der Waals surface area contributed by atoms with Crippen LogP contribution in [-0.4, -0.2) is 25.5 Å². The zero-order chi connectivity index (χ0) is 14.0. The maximum Gasteiger partial charge on any atom is 0.279 e. The summed E-state index contributed by atoms with van der Waals surface area (Å²) in [5, 5.41) is 0.475. The van der Waals surface area contributed by atoms with Gasteiger partial charge in [0.05, 0.1) is 25.3 Å². The highest BCUT2D eigenvalue weighted by Crippen LogP contribution is 2.32. The number of rotatable bonds is 4. The van der Waals surface area contributed by atoms with Crippen molar-refractivity contribution in [3.63, 3.8) is 0 Å². The van der Waals surface area contributed by atoms with Gasteiger partial charge in [-0.25, -0.2) is 4.98 Å². The summed E-state index contributed by atoms with van der Waals surface area (Å²) >= 11 is 5.96. The van der Waals surface area contributed by atoms with Crippen LogP contribution in [0.15, 0.2) is 29.7 Å². The Hall–Kier alpha value is -1.73. The van der Waals surface area contributed by atoms with Gasteiger partial charge in [0.1, 0.15) is 5.75 Å². The van der Waals surface area contributed by atoms with Gasteiger partial charge < -0.3 is 9.72 Å². The van der Waals surface area contributed by atoms with Crippen LogP contribution in [0.3, 0.4) is 0 Å². The molecule has 0 amide bonds. The molecular weight excluding hydrogens is 290 g/mol. The third-order valence-electron chi connectivity index (χ3n) is 2.49. The van der Waals surface area contributed by atoms with Crippen molar-refractivity contribution >= 4 is 27.3 Å². The quantitative estimate of drug-likeness (QED) is 0.906. The summed E-state index contributed by atoms with van der Waals surface area (Å²) in [7, 11) is -2.28. The summed E-state index contributed by atoms with van der Waals surface area (Å²) in [5.41, 5.74) is 1.06. The topological polar surface area (TPSA) is 84.1 Å². The van der Waals surface area contributed by atoms with E-state index in [9.17, 15) is 8.42 Å². The van der Waals surface area contributed by atoms with Gasteiger partial charge in [0.2, 0.25) is 0 Å². The SMILES string of the molecule is COc1cc(Cl)c(C)cc1NS(=O)(=O)c1cnc[nH]1. The molecule has 6 nitrogen and oxygen atoms in total. The molecule has 0 radical (unpaired) electrons. The molecule has 0 saturated carbocycles. The Bertz CT molecular complexity index is 683. The first-order valence-corrected chi connectivity index (χ1v) is 7.15. The van der Waals surface area contributed by atoms with E-state index in [4.69, 9.17) is 16.3 Å². The van der Waals surface area contributed by atoms with Gasteiger partial charge in [0.15, 0.2) is 5.03 Å². The van der Waals surface area contributed by atoms with Crippen molar-refractivity contribution < 1.29 is 13.2 Å². The molecule has 0 saturated heterocycles. The van der Waals surface area contributed by atoms with Crippen molar-refractivity contribution in [3.05, 3.63) is 35.2 Å². The summed E-state index contributed by atoms with van der Waals surface area (Å²) in [5.74, 6) is 0.346. The lowest BCUT2D eigenvalue weighted by atomic mass is 10.2. The van der Waals surface area contributed by atoms with Crippen LogP contribution in [0.25, 0.3) is 0 Å². The number of H-pyrrole nitrogens is 1. The van der Waals surface area contributed by atoms with Crippen molar-refractivity contribution in [2.75, 3.05) is 11.8 Å². The number of methoxy groups -OCH3 is 1. The number of hydrogen-bond acceptors (Lipinski definition) is 4. The Morgan fingerprint density at radius 2 is 2.16 bits per heavy atom. The van der Waals surface area contributed by atoms with Crippen LogP contribution >= 0.6 is 11.6 Å². The van der Waals surface area contributed by atoms with Crippen LogP contribution in [0.2, 0.25) is 5.02 Å². The Balaban J connectivity index is 2.41. The van der Waals surface area contributed by atoms with Gasteiger partial charge in [-0.3, -0.25) is 4.72 Å². The van der Waals surface area contributed by atoms with Crippen LogP contribution in [0.4, 0.5) is 5.69 Å². The Labute approximate surface area is 115 Å². The van der Waals surface area contributed by atoms with E-state index < -0.39 is 10.0 Å². The van der Waals surface area contributed by atoms with Crippen molar-refractivity contribution in [3.8, 4) is 5.75 Å². The van der Waals surface area contributed by atoms with Crippen LogP contribution in [-0.2, 0) is 10.0 Å². The van der Waals surface area contributed by atoms with E-state index in [1.807, 2.05) is 0 Å². The second-order valence-electron chi connectivity index (χ2n) is 3.82. The minimum atomic E-state index is -3.72. The summed E-state index contributed by atoms with van der Waals surface area (Å²) < 4.78 is 31.6. The minimum absolute atomic E-state index is 0.0258. The number of halogens is 1. The second kappa shape index (κ2) is 5.10. The van der Waals surface area contributed by atoms with Gasteiger partial charge in [0.25, 0.3) is 10.0 Å². The molecule has 0 unspecified atom stereocenters. The van der Waals surface area contributed by atoms with E-state index >= 15 is 0 Å². The fourth-order valence-corrected chi connectivity index (χ4v) is 2.62. The molecule has 2 N–H and O–H groups in total. The zero-order valence-corrected chi connectivity index (χ0v) is 11.8. The first-order chi connectivity index (χ1) is 8.94. The molecule has 8 heteroatoms. The number of benzene rings is 1. The monoisotopic (exact) mass is 301 g/mol. The number of hydrogen-bond donors (Lipinski definition) is 2. The number of aryl methyl sites for hydroxylation is 1. The lowest BCUT2D eigenvalue weighted by Gasteiger charge is -2.12. The van der Waals surface area contributed by atoms with Crippen LogP contribution < -0.4 is 9.46 Å². The molecule has 2 aromatic rings. The molecule has 0 fully saturated rings. The summed E-state index contributed by atoms with van der Waals surface area (Å²) in [6.07, 6.45) is 2.51. The average Bonchev–Trinajstić information content (AvgIpc) is 2.87. The molecule has 1 aromatic carbocycles. The lowest BCUT2D eigenvalue weighted by Crippen LogP contribution is -2.14. The molecule has 0 atom stereocenters. The first-order valence-electron chi connectivity index (χ1n) is 5.29. The molecule has 0 aliphatic carbocycles. The number of aromatic amines is 1. The molecular formula is C11H12ClN3O3S. The van der Waals surface area contributed by atoms with E-state index in [0.717, 1.165) is 5.56 Å². The van der Waals surface area contributed by atoms with Crippen molar-refractivity contribution in [2.45, 2.75) is 11.9 Å². The summed E-state index contributed by atoms with van der Waals surface area (Å²) in [6.45, 7) is 1.77. The highest BCUT2D eigenvalue weighted by Gasteiger charge is 2.18. The van der Waals surface area contributed by atoms with Gasteiger partial charge in [-0.15, -0.1) is 0 Å². The Morgan fingerprint density at radius 3 is 2.74 bits per heavy atom. The molecule has 0 aliphatic rings. The third-order valence-corrected chi connectivity index (χ3v) is 4.19. The van der Waals surface area contributed by atoms with Crippen molar-refractivity contribution in [1.29, 1.82) is 0 Å². The molecule has 1 aromatic heterocycles. The van der Waals surface area contributed by atoms with Gasteiger partial charge in [-0.05, 0) is 18.6 Å². The maximum absolute atomic E-state index is 12.1. The molecule has 0 spiro atoms. The molecule has 0 bridgehead atoms. The number of sulfonamides is 1. The van der Waals surface area contributed by atoms with E-state index in [1.54, 1.807) is 19.1 Å². The van der Waals surface area contributed by atoms with Gasteiger partial charge in [0, 0.05) is 11.1 Å². The van der Waals surface area contributed by atoms with Gasteiger partial charge in [-0.1, -0.05) is 11.6 Å². The molecule has 1 heterocycles. The smallest absolute Gasteiger partial charge is 0.279 e. The Morgan fingerprint density at radius 1 is 1.42 bits per heavy atom. The number of nitrogens with zero attached hydrogens (tertiary/aromatic N) is 1. The van der Waals surface area contributed by atoms with Crippen molar-refractivity contribution in [1.82, 2.24) is 9.97 Å². The number of nitrogens with one attached hydrogen (secondary N) is 2. The summed E-state index contributed by atoms with van der Waals surface area (Å²) in [4.78, 5) is 6.21. The largest absolute Gasteiger partial charge is 0.495 e. The fourth-order valence-electron chi connectivity index (χ4n) is 1.50. The van der Waals surface area contributed by atoms with E-state index in [2.05, 4.69) is 14.7 Å². The lowest BCUT2D eigenvalue weighted by molar-refractivity contribution is 0.417. The highest BCUT2D eigenvalue weighted by molar-refractivity contribution is 7.92. The van der Waals surface area contributed by atoms with E-state index in [0.29, 0.717) is 16.5 Å². The fraction of sp³-hybridized carbons (Fsp3) is 0.182. The van der Waals surface area contributed by atoms with Gasteiger partial charge >= 0.3 is 0 Å². The molecule has 19 heavy (non-hydrogen) atoms. The predicted octanol–water partition coefficient (Wildman–Crippen LogP) is 2.18. The van der Waals surface area contributed by atoms with Crippen LogP contribution in [0, 0.1) is 6.92 Å². The number of aromatic nitrogens is 2.